The van der Waals surface area contributed by atoms with Crippen LogP contribution in [0.2, 0.25) is 0 Å². The first-order valence-electron chi connectivity index (χ1n) is 7.89. The maximum atomic E-state index is 12.0. The Labute approximate surface area is 143 Å². The number of hydrogen-bond donors (Lipinski definition) is 3. The number of aliphatic imine (C=N–C) groups is 1. The molecular formula is C17H19N3O5. The number of aliphatic hydroxyl groups excluding tert-OH is 1. The summed E-state index contributed by atoms with van der Waals surface area (Å²) in [5.74, 6) is 0.106. The number of phenolic OH excluding ortho intramolecular Hbond substituents is 1. The average Bonchev–Trinajstić information content (AvgIpc) is 3.00. The quantitative estimate of drug-likeness (QED) is 0.690. The minimum atomic E-state index is -0.633. The van der Waals surface area contributed by atoms with E-state index in [4.69, 9.17) is 4.74 Å². The number of aromatic hydroxyl groups is 1. The van der Waals surface area contributed by atoms with Crippen LogP contribution < -0.4 is 11.2 Å². The van der Waals surface area contributed by atoms with Crippen molar-refractivity contribution in [3.05, 3.63) is 62.4 Å². The van der Waals surface area contributed by atoms with Gasteiger partial charge in [0.1, 0.15) is 18.1 Å². The lowest BCUT2D eigenvalue weighted by Crippen LogP contribution is -2.33. The molecule has 0 bridgehead atoms. The van der Waals surface area contributed by atoms with Crippen molar-refractivity contribution < 1.29 is 14.9 Å². The summed E-state index contributed by atoms with van der Waals surface area (Å²) in [5.41, 5.74) is -0.0562. The highest BCUT2D eigenvalue weighted by atomic mass is 16.5. The van der Waals surface area contributed by atoms with Gasteiger partial charge in [-0.25, -0.2) is 4.79 Å². The molecule has 1 aromatic heterocycles. The Morgan fingerprint density at radius 3 is 2.88 bits per heavy atom. The second kappa shape index (κ2) is 7.04. The molecule has 1 fully saturated rings. The molecule has 1 aliphatic rings. The summed E-state index contributed by atoms with van der Waals surface area (Å²) in [6.07, 6.45) is 2.11. The summed E-state index contributed by atoms with van der Waals surface area (Å²) in [6.45, 7) is 1.34. The predicted octanol–water partition coefficient (Wildman–Crippen LogP) is 0.318. The van der Waals surface area contributed by atoms with Crippen LogP contribution in [0.5, 0.6) is 5.75 Å². The molecule has 2 aromatic rings. The van der Waals surface area contributed by atoms with Gasteiger partial charge in [-0.05, 0) is 19.1 Å². The number of para-hydroxylation sites is 1. The Balaban J connectivity index is 1.84. The number of H-pyrrole nitrogens is 1. The molecule has 0 saturated carbocycles. The van der Waals surface area contributed by atoms with Crippen molar-refractivity contribution in [1.82, 2.24) is 9.55 Å². The summed E-state index contributed by atoms with van der Waals surface area (Å²) in [4.78, 5) is 30.1. The van der Waals surface area contributed by atoms with E-state index in [1.165, 1.54) is 17.0 Å². The third kappa shape index (κ3) is 3.54. The molecular weight excluding hydrogens is 326 g/mol. The van der Waals surface area contributed by atoms with Crippen molar-refractivity contribution in [3.8, 4) is 5.75 Å². The maximum Gasteiger partial charge on any atom is 0.330 e. The molecule has 132 valence electrons. The molecule has 8 heteroatoms. The standard InChI is InChI=1S/C17H19N3O5/c1-10-8-20(17(24)19-16(10)23)15-6-12(14(9-21)25-15)18-7-11-4-2-3-5-13(11)22/h2-5,7-8,12,14-15,21-22H,6,9H2,1H3,(H,19,23,24)/t12-,14+,15+/m0/s1. The van der Waals surface area contributed by atoms with E-state index in [9.17, 15) is 19.8 Å². The van der Waals surface area contributed by atoms with Crippen molar-refractivity contribution in [1.29, 1.82) is 0 Å². The van der Waals surface area contributed by atoms with E-state index < -0.39 is 23.6 Å². The zero-order chi connectivity index (χ0) is 18.0. The van der Waals surface area contributed by atoms with Gasteiger partial charge in [-0.15, -0.1) is 0 Å². The van der Waals surface area contributed by atoms with E-state index in [0.717, 1.165) is 0 Å². The highest BCUT2D eigenvalue weighted by molar-refractivity contribution is 5.83. The number of benzene rings is 1. The number of aliphatic hydroxyl groups is 1. The van der Waals surface area contributed by atoms with Crippen LogP contribution in [0.1, 0.15) is 23.8 Å². The van der Waals surface area contributed by atoms with Crippen LogP contribution in [0.25, 0.3) is 0 Å². The highest BCUT2D eigenvalue weighted by Crippen LogP contribution is 2.30. The van der Waals surface area contributed by atoms with Crippen LogP contribution in [0.3, 0.4) is 0 Å². The smallest absolute Gasteiger partial charge is 0.330 e. The zero-order valence-electron chi connectivity index (χ0n) is 13.6. The van der Waals surface area contributed by atoms with Gasteiger partial charge in [0, 0.05) is 30.0 Å². The molecule has 3 atom stereocenters. The van der Waals surface area contributed by atoms with Gasteiger partial charge in [0.15, 0.2) is 0 Å². The summed E-state index contributed by atoms with van der Waals surface area (Å²) < 4.78 is 7.02. The Kier molecular flexibility index (Phi) is 4.82. The average molecular weight is 345 g/mol. The SMILES string of the molecule is Cc1cn([C@H]2C[C@H](N=Cc3ccccc3O)[C@@H](CO)O2)c(=O)[nH]c1=O. The Morgan fingerprint density at radius 1 is 1.40 bits per heavy atom. The summed E-state index contributed by atoms with van der Waals surface area (Å²) in [7, 11) is 0. The molecule has 0 unspecified atom stereocenters. The monoisotopic (exact) mass is 345 g/mol. The first-order chi connectivity index (χ1) is 12.0. The number of nitrogens with zero attached hydrogens (tertiary/aromatic N) is 2. The molecule has 0 amide bonds. The molecule has 0 radical (unpaired) electrons. The second-order valence-corrected chi connectivity index (χ2v) is 5.93. The molecule has 1 saturated heterocycles. The van der Waals surface area contributed by atoms with Crippen LogP contribution in [0.4, 0.5) is 0 Å². The molecule has 3 rings (SSSR count). The third-order valence-corrected chi connectivity index (χ3v) is 4.18. The van der Waals surface area contributed by atoms with Crippen molar-refractivity contribution in [3.63, 3.8) is 0 Å². The zero-order valence-corrected chi connectivity index (χ0v) is 13.6. The molecule has 3 N–H and O–H groups in total. The first-order valence-corrected chi connectivity index (χ1v) is 7.89. The number of ether oxygens (including phenoxy) is 1. The van der Waals surface area contributed by atoms with Crippen molar-refractivity contribution in [2.75, 3.05) is 6.61 Å². The summed E-state index contributed by atoms with van der Waals surface area (Å²) >= 11 is 0. The Hall–Kier alpha value is -2.71. The number of nitrogens with one attached hydrogen (secondary N) is 1. The van der Waals surface area contributed by atoms with Crippen LogP contribution >= 0.6 is 0 Å². The number of aromatic nitrogens is 2. The molecule has 2 heterocycles. The van der Waals surface area contributed by atoms with Gasteiger partial charge < -0.3 is 14.9 Å². The van der Waals surface area contributed by atoms with Gasteiger partial charge in [0.05, 0.1) is 12.6 Å². The lowest BCUT2D eigenvalue weighted by molar-refractivity contribution is -0.0270. The minimum absolute atomic E-state index is 0.106. The molecule has 0 aliphatic carbocycles. The molecule has 8 nitrogen and oxygen atoms in total. The van der Waals surface area contributed by atoms with Gasteiger partial charge in [-0.2, -0.15) is 0 Å². The predicted molar refractivity (Wildman–Crippen MR) is 91.2 cm³/mol. The van der Waals surface area contributed by atoms with E-state index >= 15 is 0 Å². The van der Waals surface area contributed by atoms with E-state index in [0.29, 0.717) is 17.5 Å². The first kappa shape index (κ1) is 17.1. The lowest BCUT2D eigenvalue weighted by atomic mass is 10.1. The normalized spacial score (nSPS) is 23.4. The van der Waals surface area contributed by atoms with E-state index in [-0.39, 0.29) is 18.4 Å². The van der Waals surface area contributed by atoms with E-state index in [2.05, 4.69) is 9.98 Å². The van der Waals surface area contributed by atoms with E-state index in [1.54, 1.807) is 31.2 Å². The van der Waals surface area contributed by atoms with Crippen molar-refractivity contribution in [2.24, 2.45) is 4.99 Å². The fraction of sp³-hybridized carbons (Fsp3) is 0.353. The van der Waals surface area contributed by atoms with Crippen LogP contribution in [0, 0.1) is 6.92 Å². The van der Waals surface area contributed by atoms with Crippen LogP contribution in [-0.4, -0.2) is 44.7 Å². The van der Waals surface area contributed by atoms with Crippen molar-refractivity contribution in [2.45, 2.75) is 31.7 Å². The molecule has 1 aromatic carbocycles. The third-order valence-electron chi connectivity index (χ3n) is 4.18. The van der Waals surface area contributed by atoms with Gasteiger partial charge >= 0.3 is 5.69 Å². The molecule has 1 aliphatic heterocycles. The number of aryl methyl sites for hydroxylation is 1. The van der Waals surface area contributed by atoms with Gasteiger partial charge in [0.2, 0.25) is 0 Å². The minimum Gasteiger partial charge on any atom is -0.507 e. The summed E-state index contributed by atoms with van der Waals surface area (Å²) in [6, 6.07) is 6.38. The molecule has 0 spiro atoms. The fourth-order valence-electron chi connectivity index (χ4n) is 2.78. The lowest BCUT2D eigenvalue weighted by Gasteiger charge is -2.14. The Morgan fingerprint density at radius 2 is 2.16 bits per heavy atom. The van der Waals surface area contributed by atoms with Crippen molar-refractivity contribution >= 4 is 6.21 Å². The van der Waals surface area contributed by atoms with E-state index in [1.807, 2.05) is 0 Å². The maximum absolute atomic E-state index is 12.0. The van der Waals surface area contributed by atoms with Crippen LogP contribution in [0.15, 0.2) is 45.0 Å². The van der Waals surface area contributed by atoms with Gasteiger partial charge in [-0.3, -0.25) is 19.3 Å². The number of hydrogen-bond acceptors (Lipinski definition) is 6. The Bertz CT molecular complexity index is 902. The second-order valence-electron chi connectivity index (χ2n) is 5.93. The van der Waals surface area contributed by atoms with Crippen LogP contribution in [-0.2, 0) is 4.74 Å². The topological polar surface area (TPSA) is 117 Å². The number of rotatable bonds is 4. The fourth-order valence-corrected chi connectivity index (χ4v) is 2.78. The largest absolute Gasteiger partial charge is 0.507 e. The molecule has 25 heavy (non-hydrogen) atoms. The number of aromatic amines is 1. The number of phenols is 1. The van der Waals surface area contributed by atoms with Gasteiger partial charge in [-0.1, -0.05) is 12.1 Å². The highest BCUT2D eigenvalue weighted by Gasteiger charge is 2.36. The van der Waals surface area contributed by atoms with Gasteiger partial charge in [0.25, 0.3) is 5.56 Å². The summed E-state index contributed by atoms with van der Waals surface area (Å²) in [5, 5.41) is 19.3.